The molecule has 2 saturated heterocycles. The zero-order valence-corrected chi connectivity index (χ0v) is 41.0. The number of epoxide rings is 1. The van der Waals surface area contributed by atoms with E-state index in [2.05, 4.69) is 26.3 Å². The highest BCUT2D eigenvalue weighted by Gasteiger charge is 2.48. The fourth-order valence-corrected chi connectivity index (χ4v) is 8.16. The van der Waals surface area contributed by atoms with Gasteiger partial charge < -0.3 is 39.7 Å². The summed E-state index contributed by atoms with van der Waals surface area (Å²) in [6.07, 6.45) is 3.60. The van der Waals surface area contributed by atoms with Gasteiger partial charge >= 0.3 is 11.9 Å². The molecule has 69 heavy (non-hydrogen) atoms. The second kappa shape index (κ2) is 22.5. The third-order valence-electron chi connectivity index (χ3n) is 12.4. The number of imide groups is 1. The van der Waals surface area contributed by atoms with Crippen LogP contribution in [0.1, 0.15) is 109 Å². The molecule has 372 valence electrons. The van der Waals surface area contributed by atoms with E-state index in [1.165, 1.54) is 13.2 Å². The van der Waals surface area contributed by atoms with Gasteiger partial charge in [0.05, 0.1) is 56.0 Å². The number of nitrogens with one attached hydrogen (secondary N) is 3. The van der Waals surface area contributed by atoms with Gasteiger partial charge in [-0.25, -0.2) is 14.3 Å². The standard InChI is InChI=1S/C49H62ClN7O12/c1-28(43-44(68-43)32-15-12-30(13-16-32)25-56-26-33(54-55-56)27-66-21-20-42(61)69-57-40(59)18-19-41(57)60)37-10-9-11-39(58)52-35(23-31-14-17-38(65-8)34(50)22-31)45(62)51-29(2)49(6,7)47(64)53-36(46(63)67-37)24-48(3,4)5/h9,11-17,22,26,28-29,35-37,43-44H,10,18-21,23-25,27H2,1-8H3,(H,51,62)(H,52,58)(H,53,64)/b11-9-/t28-,29-,35+,36-,37-,43+,44+/m0/s1. The van der Waals surface area contributed by atoms with Crippen LogP contribution in [0.4, 0.5) is 0 Å². The highest BCUT2D eigenvalue weighted by Crippen LogP contribution is 2.45. The number of carbonyl (C=O) groups is 7. The summed E-state index contributed by atoms with van der Waals surface area (Å²) >= 11 is 6.40. The number of benzene rings is 2. The number of cyclic esters (lactones) is 1. The summed E-state index contributed by atoms with van der Waals surface area (Å²) in [5.41, 5.74) is 1.46. The predicted octanol–water partition coefficient (Wildman–Crippen LogP) is 4.63. The molecule has 7 atom stereocenters. The van der Waals surface area contributed by atoms with E-state index in [0.717, 1.165) is 11.1 Å². The second-order valence-corrected chi connectivity index (χ2v) is 19.9. The Morgan fingerprint density at radius 2 is 1.67 bits per heavy atom. The van der Waals surface area contributed by atoms with Gasteiger partial charge in [0.15, 0.2) is 0 Å². The molecule has 3 aliphatic rings. The third-order valence-corrected chi connectivity index (χ3v) is 12.7. The van der Waals surface area contributed by atoms with E-state index >= 15 is 0 Å². The summed E-state index contributed by atoms with van der Waals surface area (Å²) in [6.45, 7) is 13.3. The summed E-state index contributed by atoms with van der Waals surface area (Å²) in [4.78, 5) is 95.8. The first-order chi connectivity index (χ1) is 32.6. The lowest BCUT2D eigenvalue weighted by Crippen LogP contribution is -2.58. The Balaban J connectivity index is 1.11. The van der Waals surface area contributed by atoms with Gasteiger partial charge in [-0.2, -0.15) is 0 Å². The molecule has 6 rings (SSSR count). The van der Waals surface area contributed by atoms with Crippen LogP contribution in [-0.2, 0) is 72.2 Å². The molecule has 0 bridgehead atoms. The van der Waals surface area contributed by atoms with Crippen LogP contribution >= 0.6 is 11.6 Å². The highest BCUT2D eigenvalue weighted by molar-refractivity contribution is 6.32. The molecule has 3 N–H and O–H groups in total. The second-order valence-electron chi connectivity index (χ2n) is 19.5. The Kier molecular flexibility index (Phi) is 17.0. The van der Waals surface area contributed by atoms with Crippen LogP contribution in [0.2, 0.25) is 5.02 Å². The first-order valence-electron chi connectivity index (χ1n) is 23.0. The van der Waals surface area contributed by atoms with E-state index in [0.29, 0.717) is 33.6 Å². The number of hydroxylamine groups is 2. The van der Waals surface area contributed by atoms with Crippen molar-refractivity contribution >= 4 is 53.1 Å². The Bertz CT molecular complexity index is 2400. The summed E-state index contributed by atoms with van der Waals surface area (Å²) < 4.78 is 24.9. The Hall–Kier alpha value is -6.18. The number of amides is 5. The number of hydrogen-bond acceptors (Lipinski definition) is 14. The fraction of sp³-hybridized carbons (Fsp3) is 0.531. The zero-order valence-electron chi connectivity index (χ0n) is 40.2. The lowest BCUT2D eigenvalue weighted by atomic mass is 9.82. The molecule has 1 aromatic heterocycles. The molecule has 19 nitrogen and oxygen atoms in total. The van der Waals surface area contributed by atoms with Crippen LogP contribution in [0.5, 0.6) is 5.75 Å². The molecule has 2 aromatic carbocycles. The summed E-state index contributed by atoms with van der Waals surface area (Å²) in [5, 5.41) is 17.8. The minimum atomic E-state index is -1.20. The number of esters is 1. The Morgan fingerprint density at radius 1 is 0.971 bits per heavy atom. The molecule has 0 radical (unpaired) electrons. The molecule has 0 saturated carbocycles. The van der Waals surface area contributed by atoms with Crippen molar-refractivity contribution in [3.05, 3.63) is 88.2 Å². The van der Waals surface area contributed by atoms with Crippen molar-refractivity contribution < 1.29 is 57.3 Å². The Morgan fingerprint density at radius 3 is 2.33 bits per heavy atom. The fourth-order valence-electron chi connectivity index (χ4n) is 7.88. The minimum absolute atomic E-state index is 0.0119. The van der Waals surface area contributed by atoms with Gasteiger partial charge in [-0.1, -0.05) is 80.9 Å². The van der Waals surface area contributed by atoms with Crippen LogP contribution in [-0.4, -0.2) is 106 Å². The molecule has 4 heterocycles. The van der Waals surface area contributed by atoms with Crippen molar-refractivity contribution in [1.29, 1.82) is 0 Å². The van der Waals surface area contributed by atoms with Crippen molar-refractivity contribution in [3.63, 3.8) is 0 Å². The van der Waals surface area contributed by atoms with Crippen LogP contribution in [0.25, 0.3) is 0 Å². The molecule has 3 aliphatic heterocycles. The van der Waals surface area contributed by atoms with E-state index in [1.54, 1.807) is 55.9 Å². The minimum Gasteiger partial charge on any atom is -0.495 e. The summed E-state index contributed by atoms with van der Waals surface area (Å²) in [7, 11) is 1.50. The quantitative estimate of drug-likeness (QED) is 0.0815. The van der Waals surface area contributed by atoms with E-state index in [9.17, 15) is 33.6 Å². The predicted molar refractivity (Wildman–Crippen MR) is 248 cm³/mol. The van der Waals surface area contributed by atoms with Crippen LogP contribution in [0.3, 0.4) is 0 Å². The maximum absolute atomic E-state index is 14.2. The molecule has 3 aromatic rings. The van der Waals surface area contributed by atoms with Crippen LogP contribution in [0.15, 0.2) is 60.8 Å². The van der Waals surface area contributed by atoms with Gasteiger partial charge in [-0.05, 0) is 67.5 Å². The molecule has 0 unspecified atom stereocenters. The van der Waals surface area contributed by atoms with Gasteiger partial charge in [-0.15, -0.1) is 10.2 Å². The van der Waals surface area contributed by atoms with E-state index < -0.39 is 71.1 Å². The number of rotatable bonds is 15. The van der Waals surface area contributed by atoms with Crippen molar-refractivity contribution in [3.8, 4) is 5.75 Å². The highest BCUT2D eigenvalue weighted by atomic mass is 35.5. The molecular formula is C49H62ClN7O12. The monoisotopic (exact) mass is 975 g/mol. The van der Waals surface area contributed by atoms with Gasteiger partial charge in [0.2, 0.25) is 17.7 Å². The SMILES string of the molecule is COc1ccc(C[C@H]2NC(=O)/C=C\C[C@@H]([C@H](C)[C@H]3O[C@@H]3c3ccc(Cn4cc(COCCC(=O)ON5C(=O)CCC5=O)nn4)cc3)OC(=O)[C@H](CC(C)(C)C)NC(=O)C(C)(C)[C@H](C)NC2=O)cc1Cl. The van der Waals surface area contributed by atoms with E-state index in [-0.39, 0.29) is 75.3 Å². The molecule has 2 fully saturated rings. The maximum atomic E-state index is 14.2. The first kappa shape index (κ1) is 52.2. The summed E-state index contributed by atoms with van der Waals surface area (Å²) in [6, 6.07) is 10.1. The van der Waals surface area contributed by atoms with Gasteiger partial charge in [0.25, 0.3) is 11.8 Å². The van der Waals surface area contributed by atoms with E-state index in [4.69, 9.17) is 35.4 Å². The van der Waals surface area contributed by atoms with Crippen molar-refractivity contribution in [2.24, 2.45) is 16.7 Å². The number of halogens is 1. The molecular weight excluding hydrogens is 914 g/mol. The first-order valence-corrected chi connectivity index (χ1v) is 23.4. The normalized spacial score (nSPS) is 24.4. The number of carbonyl (C=O) groups excluding carboxylic acids is 7. The average molecular weight is 977 g/mol. The molecule has 5 amide bonds. The topological polar surface area (TPSA) is 239 Å². The van der Waals surface area contributed by atoms with Gasteiger partial charge in [0, 0.05) is 37.6 Å². The maximum Gasteiger partial charge on any atom is 0.335 e. The van der Waals surface area contributed by atoms with E-state index in [1.807, 2.05) is 52.0 Å². The van der Waals surface area contributed by atoms with Gasteiger partial charge in [-0.3, -0.25) is 24.0 Å². The van der Waals surface area contributed by atoms with Crippen LogP contribution < -0.4 is 20.7 Å². The number of nitrogens with zero attached hydrogens (tertiary/aromatic N) is 4. The summed E-state index contributed by atoms with van der Waals surface area (Å²) in [5.74, 6) is -3.88. The van der Waals surface area contributed by atoms with Crippen molar-refractivity contribution in [2.75, 3.05) is 13.7 Å². The number of hydrogen-bond donors (Lipinski definition) is 3. The zero-order chi connectivity index (χ0) is 50.2. The number of aromatic nitrogens is 3. The molecule has 0 spiro atoms. The van der Waals surface area contributed by atoms with Gasteiger partial charge in [0.1, 0.15) is 35.7 Å². The third kappa shape index (κ3) is 14.2. The average Bonchev–Trinajstić information content (AvgIpc) is 3.87. The van der Waals surface area contributed by atoms with Crippen LogP contribution in [0, 0.1) is 16.7 Å². The lowest BCUT2D eigenvalue weighted by Gasteiger charge is -2.35. The Labute approximate surface area is 406 Å². The smallest absolute Gasteiger partial charge is 0.335 e. The number of ether oxygens (including phenoxy) is 4. The number of methoxy groups -OCH3 is 1. The molecule has 20 heteroatoms. The lowest BCUT2D eigenvalue weighted by molar-refractivity contribution is -0.198. The van der Waals surface area contributed by atoms with Crippen molar-refractivity contribution in [1.82, 2.24) is 36.0 Å². The van der Waals surface area contributed by atoms with Crippen molar-refractivity contribution in [2.45, 2.75) is 137 Å². The molecule has 0 aliphatic carbocycles. The largest absolute Gasteiger partial charge is 0.495 e.